The Balaban J connectivity index is 1.34. The van der Waals surface area contributed by atoms with Gasteiger partial charge in [0.1, 0.15) is 17.2 Å². The molecule has 1 spiro atoms. The van der Waals surface area contributed by atoms with E-state index in [1.807, 2.05) is 25.7 Å². The quantitative estimate of drug-likeness (QED) is 0.455. The summed E-state index contributed by atoms with van der Waals surface area (Å²) in [5.41, 5.74) is 0.813. The predicted molar refractivity (Wildman–Crippen MR) is 143 cm³/mol. The number of unbranched alkanes of at least 4 members (excludes halogenated alkanes) is 1. The van der Waals surface area contributed by atoms with E-state index in [1.54, 1.807) is 41.3 Å². The summed E-state index contributed by atoms with van der Waals surface area (Å²) in [4.78, 5) is 29.0. The molecule has 2 aliphatic heterocycles. The molecule has 1 unspecified atom stereocenters. The van der Waals surface area contributed by atoms with E-state index in [1.165, 1.54) is 6.07 Å². The van der Waals surface area contributed by atoms with E-state index in [4.69, 9.17) is 9.47 Å². The van der Waals surface area contributed by atoms with Crippen LogP contribution in [-0.2, 0) is 4.74 Å². The first-order valence-corrected chi connectivity index (χ1v) is 13.1. The maximum absolute atomic E-state index is 15.1. The van der Waals surface area contributed by atoms with Crippen molar-refractivity contribution < 1.29 is 23.5 Å². The van der Waals surface area contributed by atoms with Gasteiger partial charge < -0.3 is 24.6 Å². The number of benzene rings is 2. The predicted octanol–water partition coefficient (Wildman–Crippen LogP) is 6.09. The number of carbonyl (C=O) groups excluding carboxylic acids is 2. The number of likely N-dealkylation sites (tertiary alicyclic amines) is 1. The minimum Gasteiger partial charge on any atom is -0.494 e. The molecule has 37 heavy (non-hydrogen) atoms. The van der Waals surface area contributed by atoms with Crippen LogP contribution < -0.4 is 15.0 Å². The minimum atomic E-state index is -0.527. The molecule has 2 heterocycles. The Hall–Kier alpha value is -3.29. The summed E-state index contributed by atoms with van der Waals surface area (Å²) in [6.07, 6.45) is 3.52. The zero-order chi connectivity index (χ0) is 26.6. The summed E-state index contributed by atoms with van der Waals surface area (Å²) >= 11 is 0. The molecular weight excluding hydrogens is 473 g/mol. The van der Waals surface area contributed by atoms with Crippen LogP contribution in [0.15, 0.2) is 42.5 Å². The van der Waals surface area contributed by atoms with Crippen molar-refractivity contribution in [1.82, 2.24) is 4.90 Å². The van der Waals surface area contributed by atoms with E-state index in [2.05, 4.69) is 12.2 Å². The van der Waals surface area contributed by atoms with Crippen molar-refractivity contribution in [3.63, 3.8) is 0 Å². The van der Waals surface area contributed by atoms with Gasteiger partial charge in [-0.05, 0) is 82.5 Å². The van der Waals surface area contributed by atoms with E-state index in [9.17, 15) is 9.59 Å². The second-order valence-electron chi connectivity index (χ2n) is 11.2. The second kappa shape index (κ2) is 11.0. The number of anilines is 2. The highest BCUT2D eigenvalue weighted by Crippen LogP contribution is 2.42. The Morgan fingerprint density at radius 1 is 1.05 bits per heavy atom. The highest BCUT2D eigenvalue weighted by atomic mass is 19.1. The van der Waals surface area contributed by atoms with Crippen LogP contribution >= 0.6 is 0 Å². The first kappa shape index (κ1) is 26.8. The number of halogens is 1. The van der Waals surface area contributed by atoms with Crippen LogP contribution in [-0.4, -0.2) is 55.3 Å². The fourth-order valence-electron chi connectivity index (χ4n) is 4.97. The fraction of sp³-hybridized carbons (Fsp3) is 0.517. The van der Waals surface area contributed by atoms with Crippen molar-refractivity contribution in [2.24, 2.45) is 5.41 Å². The van der Waals surface area contributed by atoms with Crippen LogP contribution in [0.1, 0.15) is 63.7 Å². The molecule has 0 bridgehead atoms. The van der Waals surface area contributed by atoms with Crippen LogP contribution in [0.4, 0.5) is 20.6 Å². The van der Waals surface area contributed by atoms with Crippen LogP contribution in [0.3, 0.4) is 0 Å². The first-order chi connectivity index (χ1) is 17.6. The molecule has 0 aliphatic carbocycles. The van der Waals surface area contributed by atoms with E-state index >= 15 is 4.39 Å². The maximum Gasteiger partial charge on any atom is 0.410 e. The van der Waals surface area contributed by atoms with Gasteiger partial charge in [0.05, 0.1) is 12.3 Å². The Morgan fingerprint density at radius 2 is 1.78 bits per heavy atom. The molecule has 1 atom stereocenters. The smallest absolute Gasteiger partial charge is 0.410 e. The SMILES string of the molecule is CCCCOc1ccc(C(=O)Nc2ccc(N3CCC4(CCN(C(=O)OC(C)(C)C)C4)C3)c(F)c2)cc1. The number of hydrogen-bond donors (Lipinski definition) is 1. The van der Waals surface area contributed by atoms with Crippen molar-refractivity contribution in [3.05, 3.63) is 53.8 Å². The molecule has 2 aliphatic rings. The molecule has 8 heteroatoms. The van der Waals surface area contributed by atoms with Crippen molar-refractivity contribution in [2.75, 3.05) is 43.0 Å². The van der Waals surface area contributed by atoms with Crippen molar-refractivity contribution >= 4 is 23.4 Å². The Bertz CT molecular complexity index is 1120. The number of amides is 2. The Kier molecular flexibility index (Phi) is 7.95. The molecule has 2 saturated heterocycles. The van der Waals surface area contributed by atoms with Crippen molar-refractivity contribution in [3.8, 4) is 5.75 Å². The van der Waals surface area contributed by atoms with Gasteiger partial charge in [-0.15, -0.1) is 0 Å². The third-order valence-corrected chi connectivity index (χ3v) is 6.96. The standard InChI is InChI=1S/C29H38FN3O4/c1-5-6-17-36-23-10-7-21(8-11-23)26(34)31-22-9-12-25(24(30)18-22)32-15-13-29(19-32)14-16-33(20-29)27(35)37-28(2,3)4/h7-12,18H,5-6,13-17,19-20H2,1-4H3,(H,31,34). The lowest BCUT2D eigenvalue weighted by molar-refractivity contribution is 0.0276. The van der Waals surface area contributed by atoms with E-state index < -0.39 is 5.60 Å². The Morgan fingerprint density at radius 3 is 2.46 bits per heavy atom. The molecule has 2 amide bonds. The maximum atomic E-state index is 15.1. The highest BCUT2D eigenvalue weighted by molar-refractivity contribution is 6.04. The molecule has 4 rings (SSSR count). The van der Waals surface area contributed by atoms with Gasteiger partial charge in [-0.1, -0.05) is 13.3 Å². The van der Waals surface area contributed by atoms with Crippen LogP contribution in [0, 0.1) is 11.2 Å². The number of rotatable bonds is 7. The molecule has 2 aromatic rings. The average Bonchev–Trinajstić information content (AvgIpc) is 3.45. The highest BCUT2D eigenvalue weighted by Gasteiger charge is 2.46. The largest absolute Gasteiger partial charge is 0.494 e. The van der Waals surface area contributed by atoms with E-state index in [-0.39, 0.29) is 23.2 Å². The lowest BCUT2D eigenvalue weighted by Crippen LogP contribution is -2.37. The van der Waals surface area contributed by atoms with Gasteiger partial charge in [0.25, 0.3) is 5.91 Å². The average molecular weight is 512 g/mol. The molecule has 0 radical (unpaired) electrons. The normalized spacial score (nSPS) is 19.4. The molecule has 0 saturated carbocycles. The third-order valence-electron chi connectivity index (χ3n) is 6.96. The van der Waals surface area contributed by atoms with Gasteiger partial charge in [0.15, 0.2) is 0 Å². The summed E-state index contributed by atoms with van der Waals surface area (Å²) in [6, 6.07) is 11.7. The summed E-state index contributed by atoms with van der Waals surface area (Å²) in [6.45, 7) is 11.0. The number of nitrogens with zero attached hydrogens (tertiary/aromatic N) is 2. The third kappa shape index (κ3) is 6.73. The van der Waals surface area contributed by atoms with Gasteiger partial charge in [-0.2, -0.15) is 0 Å². The lowest BCUT2D eigenvalue weighted by Gasteiger charge is -2.27. The van der Waals surface area contributed by atoms with Gasteiger partial charge >= 0.3 is 6.09 Å². The molecular formula is C29H38FN3O4. The van der Waals surface area contributed by atoms with Crippen LogP contribution in [0.5, 0.6) is 5.75 Å². The molecule has 1 N–H and O–H groups in total. The zero-order valence-corrected chi connectivity index (χ0v) is 22.3. The van der Waals surface area contributed by atoms with Gasteiger partial charge in [0.2, 0.25) is 0 Å². The van der Waals surface area contributed by atoms with Crippen molar-refractivity contribution in [1.29, 1.82) is 0 Å². The molecule has 7 nitrogen and oxygen atoms in total. The minimum absolute atomic E-state index is 0.0529. The molecule has 2 fully saturated rings. The van der Waals surface area contributed by atoms with Crippen LogP contribution in [0.2, 0.25) is 0 Å². The number of hydrogen-bond acceptors (Lipinski definition) is 5. The summed E-state index contributed by atoms with van der Waals surface area (Å²) in [7, 11) is 0. The number of nitrogens with one attached hydrogen (secondary N) is 1. The summed E-state index contributed by atoms with van der Waals surface area (Å²) in [5, 5.41) is 2.78. The van der Waals surface area contributed by atoms with Crippen molar-refractivity contribution in [2.45, 2.75) is 59.0 Å². The second-order valence-corrected chi connectivity index (χ2v) is 11.2. The van der Waals surface area contributed by atoms with E-state index in [0.29, 0.717) is 43.2 Å². The van der Waals surface area contributed by atoms with Gasteiger partial charge in [-0.25, -0.2) is 9.18 Å². The number of carbonyl (C=O) groups is 2. The lowest BCUT2D eigenvalue weighted by atomic mass is 9.86. The monoisotopic (exact) mass is 511 g/mol. The van der Waals surface area contributed by atoms with Gasteiger partial charge in [0, 0.05) is 42.8 Å². The van der Waals surface area contributed by atoms with Crippen LogP contribution in [0.25, 0.3) is 0 Å². The topological polar surface area (TPSA) is 71.1 Å². The van der Waals surface area contributed by atoms with Gasteiger partial charge in [-0.3, -0.25) is 4.79 Å². The fourth-order valence-corrected chi connectivity index (χ4v) is 4.97. The summed E-state index contributed by atoms with van der Waals surface area (Å²) < 4.78 is 26.3. The molecule has 0 aromatic heterocycles. The van der Waals surface area contributed by atoms with E-state index in [0.717, 1.165) is 38.0 Å². The Labute approximate surface area is 218 Å². The number of ether oxygens (including phenoxy) is 2. The molecule has 200 valence electrons. The first-order valence-electron chi connectivity index (χ1n) is 13.1. The molecule has 2 aromatic carbocycles. The summed E-state index contributed by atoms with van der Waals surface area (Å²) in [5.74, 6) is 0.0392. The zero-order valence-electron chi connectivity index (χ0n) is 22.3.